The van der Waals surface area contributed by atoms with Crippen molar-refractivity contribution in [1.82, 2.24) is 15.0 Å². The Balaban J connectivity index is 1.56. The molecule has 0 saturated carbocycles. The second-order valence-electron chi connectivity index (χ2n) is 6.95. The molecule has 1 aliphatic heterocycles. The molecule has 0 aliphatic carbocycles. The first-order valence-corrected chi connectivity index (χ1v) is 9.97. The van der Waals surface area contributed by atoms with Crippen LogP contribution in [0.4, 0.5) is 20.3 Å². The van der Waals surface area contributed by atoms with Crippen molar-refractivity contribution in [1.29, 1.82) is 0 Å². The van der Waals surface area contributed by atoms with Crippen LogP contribution in [0.2, 0.25) is 0 Å². The van der Waals surface area contributed by atoms with Gasteiger partial charge in [0.05, 0.1) is 6.04 Å². The lowest BCUT2D eigenvalue weighted by Crippen LogP contribution is -2.41. The van der Waals surface area contributed by atoms with Crippen LogP contribution in [0.3, 0.4) is 0 Å². The number of carbonyl (C=O) groups excluding carboxylic acids is 1. The van der Waals surface area contributed by atoms with Crippen molar-refractivity contribution < 1.29 is 23.4 Å². The number of aromatic hydroxyl groups is 1. The lowest BCUT2D eigenvalue weighted by Gasteiger charge is -2.30. The second kappa shape index (κ2) is 8.91. The summed E-state index contributed by atoms with van der Waals surface area (Å²) in [5.74, 6) is -0.280. The lowest BCUT2D eigenvalue weighted by atomic mass is 10.1. The third-order valence-corrected chi connectivity index (χ3v) is 4.98. The molecule has 1 fully saturated rings. The van der Waals surface area contributed by atoms with E-state index in [1.54, 1.807) is 23.2 Å². The van der Waals surface area contributed by atoms with E-state index in [9.17, 15) is 18.7 Å². The Morgan fingerprint density at radius 3 is 2.59 bits per heavy atom. The fraction of sp³-hybridized carbons (Fsp3) is 0.238. The van der Waals surface area contributed by atoms with E-state index in [0.29, 0.717) is 30.0 Å². The standard InChI is InChI=1S/C21H17ClF2N5O3/c22-21(23,24)32-14-6-4-13(5-7-14)28-19(30)16-9-8-15(18-20(31)27-12-11-26-18)29(16)17-3-1-2-10-25-17/h1-2,4-7,10-12,15-16H,8-9H2,(H,27,31)(H,28,30)/t15-,16-/m1/s1. The molecule has 0 spiro atoms. The van der Waals surface area contributed by atoms with Gasteiger partial charge in [-0.15, -0.1) is 8.78 Å². The highest BCUT2D eigenvalue weighted by molar-refractivity contribution is 6.20. The van der Waals surface area contributed by atoms with E-state index in [4.69, 9.17) is 11.6 Å². The van der Waals surface area contributed by atoms with Crippen molar-refractivity contribution in [3.8, 4) is 11.6 Å². The summed E-state index contributed by atoms with van der Waals surface area (Å²) in [6.07, 6.45) is 5.40. The molecule has 8 nitrogen and oxygen atoms in total. The summed E-state index contributed by atoms with van der Waals surface area (Å²) in [6, 6.07) is 10.7. The minimum atomic E-state index is -3.82. The Hall–Kier alpha value is -3.53. The molecule has 3 heterocycles. The summed E-state index contributed by atoms with van der Waals surface area (Å²) >= 11 is 4.76. The fourth-order valence-corrected chi connectivity index (χ4v) is 3.72. The molecule has 1 amide bonds. The molecule has 0 bridgehead atoms. The van der Waals surface area contributed by atoms with Crippen molar-refractivity contribution in [2.45, 2.75) is 30.5 Å². The second-order valence-corrected chi connectivity index (χ2v) is 7.39. The number of hydrogen-bond donors (Lipinski definition) is 2. The Morgan fingerprint density at radius 2 is 1.94 bits per heavy atom. The molecule has 2 atom stereocenters. The first kappa shape index (κ1) is 21.7. The number of amides is 1. The molecule has 2 aromatic heterocycles. The average Bonchev–Trinajstić information content (AvgIpc) is 3.20. The Morgan fingerprint density at radius 1 is 1.19 bits per heavy atom. The number of halogens is 3. The molecule has 1 saturated heterocycles. The van der Waals surface area contributed by atoms with E-state index in [1.807, 2.05) is 0 Å². The van der Waals surface area contributed by atoms with Crippen molar-refractivity contribution in [2.24, 2.45) is 0 Å². The van der Waals surface area contributed by atoms with Crippen LogP contribution in [0.1, 0.15) is 24.6 Å². The molecular weight excluding hydrogens is 444 g/mol. The van der Waals surface area contributed by atoms with Crippen molar-refractivity contribution in [3.05, 3.63) is 66.7 Å². The van der Waals surface area contributed by atoms with Gasteiger partial charge in [0.2, 0.25) is 11.8 Å². The zero-order valence-electron chi connectivity index (χ0n) is 16.5. The monoisotopic (exact) mass is 460 g/mol. The third-order valence-electron chi connectivity index (χ3n) is 4.90. The number of pyridine rings is 1. The molecular formula is C21H17ClF2N5O3. The molecule has 1 aromatic carbocycles. The molecule has 0 unspecified atom stereocenters. The van der Waals surface area contributed by atoms with Crippen LogP contribution >= 0.6 is 11.6 Å². The number of ether oxygens (including phenoxy) is 1. The third kappa shape index (κ3) is 4.86. The van der Waals surface area contributed by atoms with Crippen LogP contribution in [0, 0.1) is 6.07 Å². The van der Waals surface area contributed by atoms with Gasteiger partial charge in [-0.05, 0) is 49.2 Å². The van der Waals surface area contributed by atoms with E-state index in [-0.39, 0.29) is 17.5 Å². The van der Waals surface area contributed by atoms with E-state index in [2.05, 4.69) is 31.1 Å². The SMILES string of the molecule is O=C(Nc1ccc(OC(F)(F)Cl)cc1)[C@H]1CC[C@H](c2nccnc2O)N1c1[c]cccn1. The van der Waals surface area contributed by atoms with Crippen LogP contribution < -0.4 is 15.0 Å². The van der Waals surface area contributed by atoms with Gasteiger partial charge >= 0.3 is 5.57 Å². The van der Waals surface area contributed by atoms with E-state index < -0.39 is 17.7 Å². The lowest BCUT2D eigenvalue weighted by molar-refractivity contribution is -0.117. The molecule has 3 aromatic rings. The largest absolute Gasteiger partial charge is 0.492 e. The van der Waals surface area contributed by atoms with E-state index in [0.717, 1.165) is 0 Å². The highest BCUT2D eigenvalue weighted by Crippen LogP contribution is 2.40. The molecule has 1 aliphatic rings. The maximum absolute atomic E-state index is 13.1. The van der Waals surface area contributed by atoms with E-state index in [1.165, 1.54) is 36.7 Å². The topological polar surface area (TPSA) is 100 Å². The number of benzene rings is 1. The summed E-state index contributed by atoms with van der Waals surface area (Å²) in [5, 5.41) is 13.0. The van der Waals surface area contributed by atoms with Crippen LogP contribution in [0.5, 0.6) is 11.6 Å². The maximum atomic E-state index is 13.1. The molecule has 32 heavy (non-hydrogen) atoms. The van der Waals surface area contributed by atoms with Gasteiger partial charge in [0.15, 0.2) is 0 Å². The zero-order valence-corrected chi connectivity index (χ0v) is 17.2. The first-order valence-electron chi connectivity index (χ1n) is 9.59. The Kier molecular flexibility index (Phi) is 6.04. The molecule has 2 N–H and O–H groups in total. The predicted octanol–water partition coefficient (Wildman–Crippen LogP) is 3.89. The van der Waals surface area contributed by atoms with Crippen LogP contribution in [-0.2, 0) is 4.79 Å². The number of nitrogens with zero attached hydrogens (tertiary/aromatic N) is 4. The minimum Gasteiger partial charge on any atom is -0.492 e. The van der Waals surface area contributed by atoms with Gasteiger partial charge in [-0.1, -0.05) is 0 Å². The summed E-state index contributed by atoms with van der Waals surface area (Å²) in [5.41, 5.74) is -3.10. The highest BCUT2D eigenvalue weighted by Gasteiger charge is 2.41. The molecule has 165 valence electrons. The smallest absolute Gasteiger partial charge is 0.487 e. The minimum absolute atomic E-state index is 0.147. The summed E-state index contributed by atoms with van der Waals surface area (Å²) in [4.78, 5) is 27.3. The number of anilines is 2. The predicted molar refractivity (Wildman–Crippen MR) is 112 cm³/mol. The average molecular weight is 461 g/mol. The summed E-state index contributed by atoms with van der Waals surface area (Å²) < 4.78 is 29.8. The summed E-state index contributed by atoms with van der Waals surface area (Å²) in [7, 11) is 0. The number of hydrogen-bond acceptors (Lipinski definition) is 7. The van der Waals surface area contributed by atoms with Gasteiger partial charge in [0, 0.05) is 41.9 Å². The van der Waals surface area contributed by atoms with E-state index >= 15 is 0 Å². The highest BCUT2D eigenvalue weighted by atomic mass is 35.5. The van der Waals surface area contributed by atoms with Crippen molar-refractivity contribution in [3.63, 3.8) is 0 Å². The number of carbonyl (C=O) groups is 1. The van der Waals surface area contributed by atoms with Gasteiger partial charge in [-0.3, -0.25) is 9.78 Å². The van der Waals surface area contributed by atoms with Gasteiger partial charge < -0.3 is 20.1 Å². The number of nitrogens with one attached hydrogen (secondary N) is 1. The fourth-order valence-electron chi connectivity index (χ4n) is 3.63. The maximum Gasteiger partial charge on any atom is 0.487 e. The molecule has 1 radical (unpaired) electrons. The van der Waals surface area contributed by atoms with Crippen LogP contribution in [0.25, 0.3) is 0 Å². The molecule has 11 heteroatoms. The zero-order chi connectivity index (χ0) is 22.7. The van der Waals surface area contributed by atoms with Crippen LogP contribution in [-0.4, -0.2) is 37.6 Å². The van der Waals surface area contributed by atoms with Crippen molar-refractivity contribution >= 4 is 29.0 Å². The van der Waals surface area contributed by atoms with Crippen molar-refractivity contribution in [2.75, 3.05) is 10.2 Å². The summed E-state index contributed by atoms with van der Waals surface area (Å²) in [6.45, 7) is 0. The molecule has 4 rings (SSSR count). The number of alkyl halides is 3. The number of aromatic nitrogens is 3. The Labute approximate surface area is 186 Å². The van der Waals surface area contributed by atoms with Gasteiger partial charge in [-0.2, -0.15) is 0 Å². The van der Waals surface area contributed by atoms with Gasteiger partial charge in [0.1, 0.15) is 23.3 Å². The Bertz CT molecular complexity index is 1080. The van der Waals surface area contributed by atoms with Crippen LogP contribution in [0.15, 0.2) is 55.0 Å². The number of rotatable bonds is 6. The normalized spacial score (nSPS) is 18.4. The van der Waals surface area contributed by atoms with Gasteiger partial charge in [-0.25, -0.2) is 9.97 Å². The van der Waals surface area contributed by atoms with Gasteiger partial charge in [0.25, 0.3) is 0 Å². The first-order chi connectivity index (χ1) is 15.3. The quantitative estimate of drug-likeness (QED) is 0.538.